The molecule has 116 valence electrons. The molecule has 0 radical (unpaired) electrons. The number of hydrogen-bond donors (Lipinski definition) is 0. The molecule has 0 spiro atoms. The largest absolute Gasteiger partial charge is 0.488 e. The first-order valence-corrected chi connectivity index (χ1v) is 7.19. The predicted molar refractivity (Wildman–Crippen MR) is 82.6 cm³/mol. The zero-order valence-electron chi connectivity index (χ0n) is 13.0. The average Bonchev–Trinajstić information content (AvgIpc) is 2.48. The molecule has 0 atom stereocenters. The Morgan fingerprint density at radius 1 is 1.14 bits per heavy atom. The van der Waals surface area contributed by atoms with Crippen molar-refractivity contribution in [1.82, 2.24) is 0 Å². The van der Waals surface area contributed by atoms with Gasteiger partial charge < -0.3 is 9.47 Å². The number of rotatable bonds is 5. The minimum Gasteiger partial charge on any atom is -0.488 e. The molecule has 0 aromatic heterocycles. The first-order valence-electron chi connectivity index (χ1n) is 7.19. The summed E-state index contributed by atoms with van der Waals surface area (Å²) in [5, 5.41) is 0. The molecule has 0 N–H and O–H groups in total. The van der Waals surface area contributed by atoms with E-state index in [-0.39, 0.29) is 24.3 Å². The van der Waals surface area contributed by atoms with Crippen LogP contribution >= 0.6 is 0 Å². The summed E-state index contributed by atoms with van der Waals surface area (Å²) in [5.41, 5.74) is 2.35. The van der Waals surface area contributed by atoms with E-state index >= 15 is 0 Å². The van der Waals surface area contributed by atoms with Gasteiger partial charge in [-0.05, 0) is 37.6 Å². The van der Waals surface area contributed by atoms with E-state index in [1.165, 1.54) is 12.1 Å². The molecule has 0 saturated heterocycles. The highest BCUT2D eigenvalue weighted by atomic mass is 19.1. The standard InChI is InChI=1S/C18H19FO3/c1-4-18(20)22-17-7-5-6-15(19)14(17)11-21-16-9-8-12(2)10-13(16)3/h5-10H,4,11H2,1-3H3. The lowest BCUT2D eigenvalue weighted by molar-refractivity contribution is -0.134. The van der Waals surface area contributed by atoms with E-state index in [1.807, 2.05) is 32.0 Å². The Morgan fingerprint density at radius 3 is 2.59 bits per heavy atom. The number of halogens is 1. The van der Waals surface area contributed by atoms with Gasteiger partial charge in [0.1, 0.15) is 23.9 Å². The molecule has 3 nitrogen and oxygen atoms in total. The van der Waals surface area contributed by atoms with Crippen molar-refractivity contribution in [1.29, 1.82) is 0 Å². The number of hydrogen-bond acceptors (Lipinski definition) is 3. The Hall–Kier alpha value is -2.36. The third-order valence-electron chi connectivity index (χ3n) is 3.29. The van der Waals surface area contributed by atoms with Gasteiger partial charge in [-0.1, -0.05) is 30.7 Å². The monoisotopic (exact) mass is 302 g/mol. The van der Waals surface area contributed by atoms with Crippen molar-refractivity contribution in [3.05, 3.63) is 58.9 Å². The van der Waals surface area contributed by atoms with E-state index in [2.05, 4.69) is 0 Å². The van der Waals surface area contributed by atoms with Crippen LogP contribution in [-0.4, -0.2) is 5.97 Å². The summed E-state index contributed by atoms with van der Waals surface area (Å²) in [7, 11) is 0. The van der Waals surface area contributed by atoms with E-state index in [0.29, 0.717) is 5.75 Å². The van der Waals surface area contributed by atoms with Gasteiger partial charge in [-0.25, -0.2) is 4.39 Å². The van der Waals surface area contributed by atoms with Gasteiger partial charge in [0.15, 0.2) is 0 Å². The van der Waals surface area contributed by atoms with Crippen LogP contribution in [0.4, 0.5) is 4.39 Å². The smallest absolute Gasteiger partial charge is 0.310 e. The molecule has 0 amide bonds. The van der Waals surface area contributed by atoms with Gasteiger partial charge in [0, 0.05) is 6.42 Å². The first-order chi connectivity index (χ1) is 10.5. The van der Waals surface area contributed by atoms with Crippen molar-refractivity contribution in [2.24, 2.45) is 0 Å². The van der Waals surface area contributed by atoms with Gasteiger partial charge in [0.25, 0.3) is 0 Å². The molecule has 0 heterocycles. The summed E-state index contributed by atoms with van der Waals surface area (Å²) in [4.78, 5) is 11.4. The van der Waals surface area contributed by atoms with Gasteiger partial charge in [-0.3, -0.25) is 4.79 Å². The van der Waals surface area contributed by atoms with Crippen LogP contribution in [0, 0.1) is 19.7 Å². The summed E-state index contributed by atoms with van der Waals surface area (Å²) in [6.45, 7) is 5.62. The van der Waals surface area contributed by atoms with Gasteiger partial charge in [0.05, 0.1) is 5.56 Å². The average molecular weight is 302 g/mol. The maximum atomic E-state index is 14.0. The zero-order chi connectivity index (χ0) is 16.1. The molecular weight excluding hydrogens is 283 g/mol. The molecule has 0 aliphatic heterocycles. The van der Waals surface area contributed by atoms with Gasteiger partial charge >= 0.3 is 5.97 Å². The molecule has 0 bridgehead atoms. The predicted octanol–water partition coefficient (Wildman–Crippen LogP) is 4.34. The molecule has 0 aliphatic carbocycles. The zero-order valence-corrected chi connectivity index (χ0v) is 13.0. The lowest BCUT2D eigenvalue weighted by Gasteiger charge is -2.13. The molecule has 0 saturated carbocycles. The molecular formula is C18H19FO3. The highest BCUT2D eigenvalue weighted by Gasteiger charge is 2.13. The second-order valence-electron chi connectivity index (χ2n) is 5.10. The lowest BCUT2D eigenvalue weighted by atomic mass is 10.1. The van der Waals surface area contributed by atoms with Crippen molar-refractivity contribution < 1.29 is 18.7 Å². The van der Waals surface area contributed by atoms with Crippen LogP contribution < -0.4 is 9.47 Å². The fourth-order valence-electron chi connectivity index (χ4n) is 2.08. The maximum absolute atomic E-state index is 14.0. The van der Waals surface area contributed by atoms with Gasteiger partial charge in [0.2, 0.25) is 0 Å². The minimum atomic E-state index is -0.453. The fourth-order valence-corrected chi connectivity index (χ4v) is 2.08. The Balaban J connectivity index is 2.19. The molecule has 22 heavy (non-hydrogen) atoms. The van der Waals surface area contributed by atoms with Crippen molar-refractivity contribution in [2.75, 3.05) is 0 Å². The number of carbonyl (C=O) groups excluding carboxylic acids is 1. The van der Waals surface area contributed by atoms with E-state index in [1.54, 1.807) is 13.0 Å². The van der Waals surface area contributed by atoms with E-state index in [0.717, 1.165) is 11.1 Å². The molecule has 0 aliphatic rings. The third-order valence-corrected chi connectivity index (χ3v) is 3.29. The highest BCUT2D eigenvalue weighted by Crippen LogP contribution is 2.26. The first kappa shape index (κ1) is 16.0. The topological polar surface area (TPSA) is 35.5 Å². The highest BCUT2D eigenvalue weighted by molar-refractivity contribution is 5.72. The quantitative estimate of drug-likeness (QED) is 0.609. The van der Waals surface area contributed by atoms with Crippen molar-refractivity contribution in [2.45, 2.75) is 33.8 Å². The molecule has 4 heteroatoms. The third kappa shape index (κ3) is 3.85. The Bertz CT molecular complexity index is 680. The minimum absolute atomic E-state index is 0.00288. The molecule has 2 rings (SSSR count). The van der Waals surface area contributed by atoms with Crippen molar-refractivity contribution in [3.63, 3.8) is 0 Å². The van der Waals surface area contributed by atoms with Crippen molar-refractivity contribution in [3.8, 4) is 11.5 Å². The molecule has 2 aromatic carbocycles. The van der Waals surface area contributed by atoms with Crippen LogP contribution in [0.2, 0.25) is 0 Å². The summed E-state index contributed by atoms with van der Waals surface area (Å²) < 4.78 is 24.8. The van der Waals surface area contributed by atoms with Crippen LogP contribution in [-0.2, 0) is 11.4 Å². The molecule has 0 fully saturated rings. The number of aryl methyl sites for hydroxylation is 2. The number of esters is 1. The second kappa shape index (κ2) is 7.07. The molecule has 0 unspecified atom stereocenters. The van der Waals surface area contributed by atoms with Crippen LogP contribution in [0.25, 0.3) is 0 Å². The van der Waals surface area contributed by atoms with Crippen LogP contribution in [0.1, 0.15) is 30.0 Å². The second-order valence-corrected chi connectivity index (χ2v) is 5.10. The Morgan fingerprint density at radius 2 is 1.91 bits per heavy atom. The van der Waals surface area contributed by atoms with E-state index in [4.69, 9.17) is 9.47 Å². The van der Waals surface area contributed by atoms with Gasteiger partial charge in [-0.15, -0.1) is 0 Å². The van der Waals surface area contributed by atoms with Gasteiger partial charge in [-0.2, -0.15) is 0 Å². The summed E-state index contributed by atoms with van der Waals surface area (Å²) >= 11 is 0. The normalized spacial score (nSPS) is 10.4. The molecule has 2 aromatic rings. The fraction of sp³-hybridized carbons (Fsp3) is 0.278. The maximum Gasteiger partial charge on any atom is 0.310 e. The summed E-state index contributed by atoms with van der Waals surface area (Å²) in [5.74, 6) is 0.0303. The summed E-state index contributed by atoms with van der Waals surface area (Å²) in [6.07, 6.45) is 0.230. The van der Waals surface area contributed by atoms with Crippen LogP contribution in [0.5, 0.6) is 11.5 Å². The number of benzene rings is 2. The van der Waals surface area contributed by atoms with Crippen LogP contribution in [0.3, 0.4) is 0 Å². The van der Waals surface area contributed by atoms with Crippen molar-refractivity contribution >= 4 is 5.97 Å². The van der Waals surface area contributed by atoms with Crippen LogP contribution in [0.15, 0.2) is 36.4 Å². The SMILES string of the molecule is CCC(=O)Oc1cccc(F)c1COc1ccc(C)cc1C. The van der Waals surface area contributed by atoms with E-state index in [9.17, 15) is 9.18 Å². The number of ether oxygens (including phenoxy) is 2. The Kier molecular flexibility index (Phi) is 5.15. The van der Waals surface area contributed by atoms with E-state index < -0.39 is 11.8 Å². The Labute approximate surface area is 129 Å². The lowest BCUT2D eigenvalue weighted by Crippen LogP contribution is -2.10. The number of carbonyl (C=O) groups is 1. The summed E-state index contributed by atoms with van der Waals surface area (Å²) in [6, 6.07) is 10.2.